The Morgan fingerprint density at radius 3 is 2.38 bits per heavy atom. The first-order valence-electron chi connectivity index (χ1n) is 6.03. The summed E-state index contributed by atoms with van der Waals surface area (Å²) in [6.07, 6.45) is 1.44. The van der Waals surface area contributed by atoms with Crippen molar-refractivity contribution in [2.24, 2.45) is 0 Å². The average Bonchev–Trinajstić information content (AvgIpc) is 2.44. The molecule has 0 aromatic heterocycles. The van der Waals surface area contributed by atoms with Gasteiger partial charge in [0.1, 0.15) is 5.75 Å². The van der Waals surface area contributed by atoms with Crippen LogP contribution in [0.5, 0.6) is 5.75 Å². The van der Waals surface area contributed by atoms with Gasteiger partial charge in [0.15, 0.2) is 0 Å². The molecule has 2 aromatic rings. The van der Waals surface area contributed by atoms with E-state index in [1.54, 1.807) is 24.3 Å². The van der Waals surface area contributed by atoms with Crippen molar-refractivity contribution < 1.29 is 10.0 Å². The Kier molecular flexibility index (Phi) is 4.83. The fraction of sp³-hybridized carbons (Fsp3) is 0.0667. The van der Waals surface area contributed by atoms with Gasteiger partial charge >= 0.3 is 0 Å². The standard InChI is InChI=1S/C15H11Cl2NO3/c16-12-3-1-10(2-4-12)7-14(18(20)21)9-11-8-13(17)5-6-15(11)19/h1-6,8-9,19H,7H2/b14-9+. The quantitative estimate of drug-likeness (QED) is 0.662. The van der Waals surface area contributed by atoms with Crippen LogP contribution in [0.25, 0.3) is 6.08 Å². The number of rotatable bonds is 4. The minimum absolute atomic E-state index is 0.0464. The highest BCUT2D eigenvalue weighted by Crippen LogP contribution is 2.25. The lowest BCUT2D eigenvalue weighted by Gasteiger charge is -2.03. The van der Waals surface area contributed by atoms with Crippen LogP contribution in [0.1, 0.15) is 11.1 Å². The normalized spacial score (nSPS) is 11.4. The molecule has 0 aliphatic carbocycles. The van der Waals surface area contributed by atoms with Gasteiger partial charge < -0.3 is 5.11 Å². The lowest BCUT2D eigenvalue weighted by molar-refractivity contribution is -0.425. The van der Waals surface area contributed by atoms with Crippen molar-refractivity contribution >= 4 is 29.3 Å². The van der Waals surface area contributed by atoms with Crippen LogP contribution in [0.15, 0.2) is 48.2 Å². The maximum atomic E-state index is 11.2. The zero-order valence-corrected chi connectivity index (χ0v) is 12.3. The van der Waals surface area contributed by atoms with E-state index in [-0.39, 0.29) is 17.9 Å². The van der Waals surface area contributed by atoms with Gasteiger partial charge in [-0.2, -0.15) is 0 Å². The number of nitro groups is 1. The van der Waals surface area contributed by atoms with E-state index < -0.39 is 4.92 Å². The Bertz CT molecular complexity index is 697. The molecule has 0 fully saturated rings. The number of hydrogen-bond donors (Lipinski definition) is 1. The summed E-state index contributed by atoms with van der Waals surface area (Å²) >= 11 is 11.6. The van der Waals surface area contributed by atoms with E-state index in [4.69, 9.17) is 23.2 Å². The van der Waals surface area contributed by atoms with Gasteiger partial charge in [-0.05, 0) is 35.9 Å². The SMILES string of the molecule is O=[N+]([O-])/C(=C/c1cc(Cl)ccc1O)Cc1ccc(Cl)cc1. The molecule has 0 radical (unpaired) electrons. The van der Waals surface area contributed by atoms with E-state index in [0.29, 0.717) is 15.6 Å². The zero-order valence-electron chi connectivity index (χ0n) is 10.8. The van der Waals surface area contributed by atoms with Crippen LogP contribution < -0.4 is 0 Å². The molecule has 0 atom stereocenters. The Balaban J connectivity index is 2.34. The molecule has 0 bridgehead atoms. The van der Waals surface area contributed by atoms with Gasteiger partial charge in [-0.1, -0.05) is 35.3 Å². The largest absolute Gasteiger partial charge is 0.507 e. The Hall–Kier alpha value is -2.04. The van der Waals surface area contributed by atoms with Crippen molar-refractivity contribution in [3.05, 3.63) is 79.4 Å². The molecule has 6 heteroatoms. The Morgan fingerprint density at radius 1 is 1.14 bits per heavy atom. The molecule has 0 saturated heterocycles. The van der Waals surface area contributed by atoms with Crippen LogP contribution >= 0.6 is 23.2 Å². The van der Waals surface area contributed by atoms with Crippen molar-refractivity contribution in [2.75, 3.05) is 0 Å². The number of nitrogens with zero attached hydrogens (tertiary/aromatic N) is 1. The molecule has 4 nitrogen and oxygen atoms in total. The highest BCUT2D eigenvalue weighted by Gasteiger charge is 2.13. The van der Waals surface area contributed by atoms with Gasteiger partial charge in [-0.25, -0.2) is 0 Å². The number of allylic oxidation sites excluding steroid dienone is 1. The van der Waals surface area contributed by atoms with Crippen LogP contribution in [0.2, 0.25) is 10.0 Å². The highest BCUT2D eigenvalue weighted by molar-refractivity contribution is 6.31. The molecule has 2 aromatic carbocycles. The lowest BCUT2D eigenvalue weighted by atomic mass is 10.1. The maximum Gasteiger partial charge on any atom is 0.251 e. The molecule has 1 N–H and O–H groups in total. The molecule has 0 saturated carbocycles. The number of phenolic OH excluding ortho intramolecular Hbond substituents is 1. The van der Waals surface area contributed by atoms with Crippen LogP contribution in [0.3, 0.4) is 0 Å². The van der Waals surface area contributed by atoms with Gasteiger partial charge in [0.05, 0.1) is 11.3 Å². The summed E-state index contributed by atoms with van der Waals surface area (Å²) in [5.74, 6) is -0.0603. The minimum atomic E-state index is -0.477. The second-order valence-corrected chi connectivity index (χ2v) is 5.27. The highest BCUT2D eigenvalue weighted by atomic mass is 35.5. The molecular formula is C15H11Cl2NO3. The summed E-state index contributed by atoms with van der Waals surface area (Å²) in [6.45, 7) is 0. The van der Waals surface area contributed by atoms with Crippen LogP contribution in [0.4, 0.5) is 0 Å². The lowest BCUT2D eigenvalue weighted by Crippen LogP contribution is -2.02. The van der Waals surface area contributed by atoms with Crippen molar-refractivity contribution in [1.29, 1.82) is 0 Å². The summed E-state index contributed by atoms with van der Waals surface area (Å²) in [7, 11) is 0. The van der Waals surface area contributed by atoms with E-state index in [9.17, 15) is 15.2 Å². The van der Waals surface area contributed by atoms with E-state index in [2.05, 4.69) is 0 Å². The molecule has 0 spiro atoms. The van der Waals surface area contributed by atoms with Gasteiger partial charge in [0.25, 0.3) is 5.70 Å². The van der Waals surface area contributed by atoms with Gasteiger partial charge in [0.2, 0.25) is 0 Å². The molecule has 2 rings (SSSR count). The van der Waals surface area contributed by atoms with Crippen LogP contribution in [0, 0.1) is 10.1 Å². The molecule has 0 amide bonds. The number of halogens is 2. The number of aromatic hydroxyl groups is 1. The van der Waals surface area contributed by atoms with Gasteiger partial charge in [-0.15, -0.1) is 0 Å². The summed E-state index contributed by atoms with van der Waals surface area (Å²) in [5, 5.41) is 21.9. The third-order valence-corrected chi connectivity index (χ3v) is 3.33. The smallest absolute Gasteiger partial charge is 0.251 e. The third kappa shape index (κ3) is 4.21. The summed E-state index contributed by atoms with van der Waals surface area (Å²) < 4.78 is 0. The second-order valence-electron chi connectivity index (χ2n) is 4.40. The first-order valence-corrected chi connectivity index (χ1v) is 6.79. The minimum Gasteiger partial charge on any atom is -0.507 e. The summed E-state index contributed by atoms with van der Waals surface area (Å²) in [6, 6.07) is 11.2. The van der Waals surface area contributed by atoms with Crippen LogP contribution in [-0.2, 0) is 6.42 Å². The van der Waals surface area contributed by atoms with Crippen molar-refractivity contribution in [1.82, 2.24) is 0 Å². The molecule has 0 unspecified atom stereocenters. The van der Waals surface area contributed by atoms with E-state index in [1.165, 1.54) is 24.3 Å². The van der Waals surface area contributed by atoms with Crippen molar-refractivity contribution in [2.45, 2.75) is 6.42 Å². The van der Waals surface area contributed by atoms with E-state index in [0.717, 1.165) is 5.56 Å². The van der Waals surface area contributed by atoms with E-state index in [1.807, 2.05) is 0 Å². The third-order valence-electron chi connectivity index (χ3n) is 2.84. The van der Waals surface area contributed by atoms with Crippen molar-refractivity contribution in [3.8, 4) is 5.75 Å². The van der Waals surface area contributed by atoms with E-state index >= 15 is 0 Å². The molecule has 21 heavy (non-hydrogen) atoms. The summed E-state index contributed by atoms with van der Waals surface area (Å²) in [5.41, 5.74) is 1.02. The fourth-order valence-corrected chi connectivity index (χ4v) is 2.11. The molecule has 0 aliphatic rings. The van der Waals surface area contributed by atoms with Gasteiger partial charge in [-0.3, -0.25) is 10.1 Å². The zero-order chi connectivity index (χ0) is 15.4. The number of phenols is 1. The van der Waals surface area contributed by atoms with Gasteiger partial charge in [0, 0.05) is 21.7 Å². The molecular weight excluding hydrogens is 313 g/mol. The van der Waals surface area contributed by atoms with Crippen LogP contribution in [-0.4, -0.2) is 10.0 Å². The number of benzene rings is 2. The first-order chi connectivity index (χ1) is 9.95. The maximum absolute atomic E-state index is 11.2. The first kappa shape index (κ1) is 15.4. The topological polar surface area (TPSA) is 63.4 Å². The molecule has 0 heterocycles. The monoisotopic (exact) mass is 323 g/mol. The predicted octanol–water partition coefficient (Wildman–Crippen LogP) is 4.56. The average molecular weight is 324 g/mol. The second kappa shape index (κ2) is 6.61. The number of hydrogen-bond acceptors (Lipinski definition) is 3. The molecule has 0 aliphatic heterocycles. The Morgan fingerprint density at radius 2 is 1.76 bits per heavy atom. The molecule has 108 valence electrons. The summed E-state index contributed by atoms with van der Waals surface area (Å²) in [4.78, 5) is 10.7. The Labute approximate surface area is 131 Å². The fourth-order valence-electron chi connectivity index (χ4n) is 1.80. The predicted molar refractivity (Wildman–Crippen MR) is 83.2 cm³/mol. The van der Waals surface area contributed by atoms with Crippen molar-refractivity contribution in [3.63, 3.8) is 0 Å².